The van der Waals surface area contributed by atoms with Gasteiger partial charge in [-0.25, -0.2) is 4.79 Å². The van der Waals surface area contributed by atoms with Crippen LogP contribution in [-0.4, -0.2) is 76.3 Å². The Labute approximate surface area is 192 Å². The molecular weight excluding hydrogens is 451 g/mol. The summed E-state index contributed by atoms with van der Waals surface area (Å²) in [7, 11) is 0. The molecule has 1 aromatic carbocycles. The number of aliphatic hydroxyl groups is 1. The van der Waals surface area contributed by atoms with Crippen molar-refractivity contribution in [3.05, 3.63) is 39.9 Å². The van der Waals surface area contributed by atoms with Crippen molar-refractivity contribution in [1.29, 1.82) is 0 Å². The van der Waals surface area contributed by atoms with E-state index < -0.39 is 5.97 Å². The van der Waals surface area contributed by atoms with Crippen LogP contribution in [0.25, 0.3) is 0 Å². The first kappa shape index (κ1) is 27.4. The normalized spacial score (nSPS) is 10.7. The Kier molecular flexibility index (Phi) is 14.1. The van der Waals surface area contributed by atoms with Crippen molar-refractivity contribution >= 4 is 35.0 Å². The zero-order chi connectivity index (χ0) is 23.1. The first-order chi connectivity index (χ1) is 14.9. The lowest BCUT2D eigenvalue weighted by atomic mass is 10.0. The van der Waals surface area contributed by atoms with Gasteiger partial charge in [0.05, 0.1) is 51.3 Å². The summed E-state index contributed by atoms with van der Waals surface area (Å²) in [6.07, 6.45) is 0.494. The Morgan fingerprint density at radius 2 is 1.52 bits per heavy atom. The van der Waals surface area contributed by atoms with Crippen molar-refractivity contribution in [3.8, 4) is 5.75 Å². The second kappa shape index (κ2) is 16.0. The van der Waals surface area contributed by atoms with Crippen molar-refractivity contribution in [3.63, 3.8) is 0 Å². The third-order valence-corrected chi connectivity index (χ3v) is 4.72. The van der Waals surface area contributed by atoms with E-state index in [1.54, 1.807) is 0 Å². The van der Waals surface area contributed by atoms with E-state index in [-0.39, 0.29) is 60.2 Å². The summed E-state index contributed by atoms with van der Waals surface area (Å²) < 4.78 is 25.9. The number of hydrogen-bond acceptors (Lipinski definition) is 8. The number of carbonyl (C=O) groups is 2. The van der Waals surface area contributed by atoms with Crippen molar-refractivity contribution < 1.29 is 38.4 Å². The molecule has 0 aliphatic rings. The van der Waals surface area contributed by atoms with Crippen LogP contribution in [0.5, 0.6) is 5.75 Å². The standard InChI is InChI=1S/C21H28Cl2O8/c1-3-15(2)21(26)16-4-5-17(20(23)19(16)22)31-14-18(25)30-13-12-29-11-10-28-9-8-27-7-6-24/h4-5,24H,2-3,6-14H2,1H3. The van der Waals surface area contributed by atoms with Gasteiger partial charge in [0, 0.05) is 5.56 Å². The average molecular weight is 479 g/mol. The SMILES string of the molecule is C=C(CC)C(=O)c1ccc(OCC(=O)OCCOCCOCCOCCO)c(Cl)c1Cl. The van der Waals surface area contributed by atoms with Gasteiger partial charge in [0.2, 0.25) is 0 Å². The number of esters is 1. The third-order valence-electron chi connectivity index (χ3n) is 3.86. The van der Waals surface area contributed by atoms with Crippen LogP contribution in [-0.2, 0) is 23.7 Å². The number of ether oxygens (including phenoxy) is 5. The Morgan fingerprint density at radius 3 is 2.10 bits per heavy atom. The quantitative estimate of drug-likeness (QED) is 0.158. The molecule has 0 aromatic heterocycles. The fraction of sp³-hybridized carbons (Fsp3) is 0.524. The maximum atomic E-state index is 12.2. The molecule has 31 heavy (non-hydrogen) atoms. The molecule has 0 radical (unpaired) electrons. The highest BCUT2D eigenvalue weighted by molar-refractivity contribution is 6.45. The van der Waals surface area contributed by atoms with Gasteiger partial charge in [-0.05, 0) is 24.1 Å². The zero-order valence-electron chi connectivity index (χ0n) is 17.5. The molecular formula is C21H28Cl2O8. The van der Waals surface area contributed by atoms with Crippen molar-refractivity contribution in [2.75, 3.05) is 59.5 Å². The Balaban J connectivity index is 2.24. The van der Waals surface area contributed by atoms with E-state index in [2.05, 4.69) is 6.58 Å². The van der Waals surface area contributed by atoms with E-state index in [1.807, 2.05) is 6.92 Å². The topological polar surface area (TPSA) is 101 Å². The molecule has 0 saturated carbocycles. The largest absolute Gasteiger partial charge is 0.480 e. The summed E-state index contributed by atoms with van der Waals surface area (Å²) in [5, 5.41) is 8.62. The molecule has 0 amide bonds. The fourth-order valence-corrected chi connectivity index (χ4v) is 2.63. The summed E-state index contributed by atoms with van der Waals surface area (Å²) in [5.41, 5.74) is 0.642. The predicted octanol–water partition coefficient (Wildman–Crippen LogP) is 3.11. The first-order valence-electron chi connectivity index (χ1n) is 9.75. The molecule has 10 heteroatoms. The molecule has 0 aliphatic heterocycles. The summed E-state index contributed by atoms with van der Waals surface area (Å²) in [6, 6.07) is 2.95. The highest BCUT2D eigenvalue weighted by atomic mass is 35.5. The number of carbonyl (C=O) groups excluding carboxylic acids is 2. The summed E-state index contributed by atoms with van der Waals surface area (Å²) in [5.74, 6) is -0.730. The monoisotopic (exact) mass is 478 g/mol. The van der Waals surface area contributed by atoms with Crippen molar-refractivity contribution in [1.82, 2.24) is 0 Å². The maximum absolute atomic E-state index is 12.2. The van der Waals surface area contributed by atoms with Gasteiger partial charge in [-0.3, -0.25) is 4.79 Å². The average Bonchev–Trinajstić information content (AvgIpc) is 2.77. The van der Waals surface area contributed by atoms with Gasteiger partial charge >= 0.3 is 5.97 Å². The number of ketones is 1. The van der Waals surface area contributed by atoms with Crippen LogP contribution in [0.15, 0.2) is 24.3 Å². The smallest absolute Gasteiger partial charge is 0.344 e. The van der Waals surface area contributed by atoms with Gasteiger partial charge in [0.25, 0.3) is 0 Å². The Hall–Kier alpha value is -1.68. The van der Waals surface area contributed by atoms with Gasteiger partial charge in [-0.15, -0.1) is 0 Å². The molecule has 0 bridgehead atoms. The number of Topliss-reactive ketones (excluding diaryl/α,β-unsaturated/α-hetero) is 1. The van der Waals surface area contributed by atoms with Crippen LogP contribution in [0, 0.1) is 0 Å². The molecule has 1 N–H and O–H groups in total. The second-order valence-electron chi connectivity index (χ2n) is 6.10. The number of allylic oxidation sites excluding steroid dienone is 1. The highest BCUT2D eigenvalue weighted by Gasteiger charge is 2.18. The van der Waals surface area contributed by atoms with Gasteiger partial charge in [0.1, 0.15) is 17.4 Å². The second-order valence-corrected chi connectivity index (χ2v) is 6.85. The minimum Gasteiger partial charge on any atom is -0.480 e. The van der Waals surface area contributed by atoms with E-state index >= 15 is 0 Å². The van der Waals surface area contributed by atoms with Crippen LogP contribution in [0.3, 0.4) is 0 Å². The van der Waals surface area contributed by atoms with Crippen molar-refractivity contribution in [2.24, 2.45) is 0 Å². The van der Waals surface area contributed by atoms with E-state index in [4.69, 9.17) is 52.0 Å². The summed E-state index contributed by atoms with van der Waals surface area (Å²) in [6.45, 7) is 7.21. The van der Waals surface area contributed by atoms with E-state index in [0.29, 0.717) is 38.4 Å². The fourth-order valence-electron chi connectivity index (χ4n) is 2.17. The van der Waals surface area contributed by atoms with Gasteiger partial charge in [-0.2, -0.15) is 0 Å². The maximum Gasteiger partial charge on any atom is 0.344 e. The van der Waals surface area contributed by atoms with Gasteiger partial charge in [0.15, 0.2) is 12.4 Å². The molecule has 1 aromatic rings. The van der Waals surface area contributed by atoms with Crippen LogP contribution in [0.4, 0.5) is 0 Å². The molecule has 8 nitrogen and oxygen atoms in total. The lowest BCUT2D eigenvalue weighted by molar-refractivity contribution is -0.147. The number of rotatable bonds is 17. The predicted molar refractivity (Wildman–Crippen MR) is 116 cm³/mol. The number of aliphatic hydroxyl groups excluding tert-OH is 1. The van der Waals surface area contributed by atoms with E-state index in [9.17, 15) is 9.59 Å². The molecule has 0 spiro atoms. The number of halogens is 2. The van der Waals surface area contributed by atoms with Crippen LogP contribution in [0.1, 0.15) is 23.7 Å². The minimum atomic E-state index is -0.604. The van der Waals surface area contributed by atoms with E-state index in [1.165, 1.54) is 12.1 Å². The molecule has 0 heterocycles. The lowest BCUT2D eigenvalue weighted by Gasteiger charge is -2.12. The third kappa shape index (κ3) is 10.5. The Morgan fingerprint density at radius 1 is 0.935 bits per heavy atom. The van der Waals surface area contributed by atoms with Gasteiger partial charge < -0.3 is 28.8 Å². The molecule has 0 aliphatic carbocycles. The first-order valence-corrected chi connectivity index (χ1v) is 10.5. The lowest BCUT2D eigenvalue weighted by Crippen LogP contribution is -2.18. The molecule has 0 fully saturated rings. The number of hydrogen-bond donors (Lipinski definition) is 1. The molecule has 0 saturated heterocycles. The summed E-state index contributed by atoms with van der Waals surface area (Å²) >= 11 is 12.3. The highest BCUT2D eigenvalue weighted by Crippen LogP contribution is 2.35. The van der Waals surface area contributed by atoms with Crippen molar-refractivity contribution in [2.45, 2.75) is 13.3 Å². The van der Waals surface area contributed by atoms with Crippen LogP contribution >= 0.6 is 23.2 Å². The molecule has 1 rings (SSSR count). The molecule has 0 atom stereocenters. The van der Waals surface area contributed by atoms with Crippen LogP contribution < -0.4 is 4.74 Å². The van der Waals surface area contributed by atoms with Gasteiger partial charge in [-0.1, -0.05) is 36.7 Å². The van der Waals surface area contributed by atoms with Crippen LogP contribution in [0.2, 0.25) is 10.0 Å². The summed E-state index contributed by atoms with van der Waals surface area (Å²) in [4.78, 5) is 24.0. The Bertz CT molecular complexity index is 724. The molecule has 0 unspecified atom stereocenters. The van der Waals surface area contributed by atoms with E-state index in [0.717, 1.165) is 0 Å². The molecule has 174 valence electrons. The minimum absolute atomic E-state index is 0.0174. The number of benzene rings is 1. The zero-order valence-corrected chi connectivity index (χ0v) is 19.0.